The number of carbonyl (C=O) groups is 2. The minimum atomic E-state index is -0.475. The van der Waals surface area contributed by atoms with Crippen molar-refractivity contribution < 1.29 is 14.5 Å². The van der Waals surface area contributed by atoms with Crippen molar-refractivity contribution in [2.45, 2.75) is 44.8 Å². The maximum absolute atomic E-state index is 13.7. The van der Waals surface area contributed by atoms with Crippen LogP contribution in [-0.4, -0.2) is 80.8 Å². The molecule has 0 aliphatic carbocycles. The Labute approximate surface area is 228 Å². The summed E-state index contributed by atoms with van der Waals surface area (Å²) in [4.78, 5) is 49.5. The molecule has 0 bridgehead atoms. The molecule has 11 nitrogen and oxygen atoms in total. The third-order valence-electron chi connectivity index (χ3n) is 7.12. The fourth-order valence-corrected chi connectivity index (χ4v) is 5.97. The molecule has 2 saturated heterocycles. The van der Waals surface area contributed by atoms with Gasteiger partial charge in [0.15, 0.2) is 0 Å². The normalized spacial score (nSPS) is 21.9. The molecule has 2 aliphatic rings. The summed E-state index contributed by atoms with van der Waals surface area (Å²) >= 11 is 3.35. The van der Waals surface area contributed by atoms with Crippen molar-refractivity contribution in [3.05, 3.63) is 62.5 Å². The highest BCUT2D eigenvalue weighted by atomic mass is 79.9. The molecule has 0 unspecified atom stereocenters. The molecule has 3 aromatic rings. The molecule has 3 atom stereocenters. The van der Waals surface area contributed by atoms with Crippen LogP contribution < -0.4 is 10.6 Å². The van der Waals surface area contributed by atoms with Gasteiger partial charge >= 0.3 is 0 Å². The predicted octanol–water partition coefficient (Wildman–Crippen LogP) is 3.77. The lowest BCUT2D eigenvalue weighted by Crippen LogP contribution is -2.56. The number of halogens is 1. The standard InChI is InChI=1S/C26H30BrN7O4/c1-15-12-33(13-16(2)30-15)25(35)20-8-17(27)9-23(34(37)38)24(20)31-18-4-3-7-32(14-18)26(36)21-10-28-11-22-19(21)5-6-29-22/h5-6,8-11,15-16,18,29-31H,3-4,7,12-14H2,1-2H3/t15-,16+,18-/m1/s1. The summed E-state index contributed by atoms with van der Waals surface area (Å²) in [6, 6.07) is 4.85. The topological polar surface area (TPSA) is 136 Å². The highest BCUT2D eigenvalue weighted by Crippen LogP contribution is 2.35. The molecule has 2 fully saturated rings. The van der Waals surface area contributed by atoms with Crippen LogP contribution in [0.2, 0.25) is 0 Å². The Kier molecular flexibility index (Phi) is 7.35. The molecular weight excluding hydrogens is 554 g/mol. The van der Waals surface area contributed by atoms with E-state index in [2.05, 4.69) is 36.5 Å². The zero-order valence-electron chi connectivity index (χ0n) is 21.2. The molecule has 12 heteroatoms. The maximum atomic E-state index is 13.7. The molecule has 3 N–H and O–H groups in total. The van der Waals surface area contributed by atoms with Crippen molar-refractivity contribution in [1.29, 1.82) is 0 Å². The van der Waals surface area contributed by atoms with Crippen LogP contribution in [0.5, 0.6) is 0 Å². The number of carbonyl (C=O) groups excluding carboxylic acids is 2. The van der Waals surface area contributed by atoms with E-state index < -0.39 is 4.92 Å². The van der Waals surface area contributed by atoms with E-state index in [0.29, 0.717) is 42.6 Å². The van der Waals surface area contributed by atoms with E-state index in [1.165, 1.54) is 6.07 Å². The number of nitrogens with zero attached hydrogens (tertiary/aromatic N) is 4. The number of nitro groups is 1. The Bertz CT molecular complexity index is 1380. The Morgan fingerprint density at radius 1 is 1.11 bits per heavy atom. The van der Waals surface area contributed by atoms with Gasteiger partial charge in [-0.25, -0.2) is 0 Å². The number of amides is 2. The van der Waals surface area contributed by atoms with Crippen LogP contribution in [-0.2, 0) is 0 Å². The average Bonchev–Trinajstić information content (AvgIpc) is 3.37. The summed E-state index contributed by atoms with van der Waals surface area (Å²) in [5, 5.41) is 19.6. The Morgan fingerprint density at radius 3 is 2.58 bits per heavy atom. The van der Waals surface area contributed by atoms with Gasteiger partial charge in [-0.2, -0.15) is 0 Å². The van der Waals surface area contributed by atoms with E-state index in [1.807, 2.05) is 19.9 Å². The smallest absolute Gasteiger partial charge is 0.294 e. The Balaban J connectivity index is 1.42. The van der Waals surface area contributed by atoms with Gasteiger partial charge in [0, 0.05) is 72.6 Å². The van der Waals surface area contributed by atoms with Gasteiger partial charge < -0.3 is 25.4 Å². The van der Waals surface area contributed by atoms with Gasteiger partial charge in [-0.1, -0.05) is 15.9 Å². The molecule has 1 aromatic carbocycles. The Hall–Kier alpha value is -3.51. The zero-order valence-corrected chi connectivity index (χ0v) is 22.8. The van der Waals surface area contributed by atoms with Gasteiger partial charge in [0.25, 0.3) is 17.5 Å². The van der Waals surface area contributed by atoms with E-state index in [9.17, 15) is 19.7 Å². The van der Waals surface area contributed by atoms with Crippen LogP contribution in [0.3, 0.4) is 0 Å². The lowest BCUT2D eigenvalue weighted by atomic mass is 10.0. The molecule has 2 amide bonds. The quantitative estimate of drug-likeness (QED) is 0.307. The molecule has 2 aromatic heterocycles. The Morgan fingerprint density at radius 2 is 1.84 bits per heavy atom. The van der Waals surface area contributed by atoms with Crippen molar-refractivity contribution >= 4 is 50.0 Å². The number of H-pyrrole nitrogens is 1. The zero-order chi connectivity index (χ0) is 27.0. The maximum Gasteiger partial charge on any atom is 0.294 e. The first-order valence-corrected chi connectivity index (χ1v) is 13.5. The van der Waals surface area contributed by atoms with Crippen molar-refractivity contribution in [1.82, 2.24) is 25.1 Å². The highest BCUT2D eigenvalue weighted by molar-refractivity contribution is 9.10. The lowest BCUT2D eigenvalue weighted by Gasteiger charge is -2.37. The van der Waals surface area contributed by atoms with Gasteiger partial charge in [-0.15, -0.1) is 0 Å². The minimum absolute atomic E-state index is 0.109. The number of hydrogen-bond donors (Lipinski definition) is 3. The number of likely N-dealkylation sites (tertiary alicyclic amines) is 1. The van der Waals surface area contributed by atoms with Crippen molar-refractivity contribution in [2.75, 3.05) is 31.5 Å². The van der Waals surface area contributed by atoms with E-state index in [4.69, 9.17) is 0 Å². The fourth-order valence-electron chi connectivity index (χ4n) is 5.52. The number of piperazine rings is 1. The lowest BCUT2D eigenvalue weighted by molar-refractivity contribution is -0.384. The van der Waals surface area contributed by atoms with Crippen molar-refractivity contribution in [3.63, 3.8) is 0 Å². The summed E-state index contributed by atoms with van der Waals surface area (Å²) in [5.74, 6) is -0.398. The number of piperidine rings is 1. The van der Waals surface area contributed by atoms with E-state index in [1.54, 1.807) is 34.5 Å². The molecule has 0 radical (unpaired) electrons. The largest absolute Gasteiger partial charge is 0.374 e. The van der Waals surface area contributed by atoms with Gasteiger partial charge in [-0.3, -0.25) is 24.7 Å². The average molecular weight is 584 g/mol. The number of anilines is 1. The van der Waals surface area contributed by atoms with Gasteiger partial charge in [0.05, 0.1) is 27.8 Å². The SMILES string of the molecule is C[C@@H]1CN(C(=O)c2cc(Br)cc([N+](=O)[O-])c2N[C@@H]2CCCN(C(=O)c3cncc4[nH]ccc34)C2)C[C@H](C)N1. The first-order chi connectivity index (χ1) is 18.2. The van der Waals surface area contributed by atoms with Gasteiger partial charge in [-0.05, 0) is 38.8 Å². The molecule has 4 heterocycles. The third kappa shape index (κ3) is 5.23. The molecule has 2 aliphatic heterocycles. The number of aromatic nitrogens is 2. The number of aromatic amines is 1. The molecular formula is C26H30BrN7O4. The molecule has 200 valence electrons. The number of pyridine rings is 1. The number of fused-ring (bicyclic) bond motifs is 1. The summed E-state index contributed by atoms with van der Waals surface area (Å²) in [7, 11) is 0. The first kappa shape index (κ1) is 26.1. The summed E-state index contributed by atoms with van der Waals surface area (Å²) in [5.41, 5.74) is 1.56. The van der Waals surface area contributed by atoms with Crippen LogP contribution in [0.25, 0.3) is 10.9 Å². The van der Waals surface area contributed by atoms with E-state index >= 15 is 0 Å². The molecule has 38 heavy (non-hydrogen) atoms. The molecule has 5 rings (SSSR count). The number of benzene rings is 1. The number of nitrogens with one attached hydrogen (secondary N) is 3. The minimum Gasteiger partial charge on any atom is -0.374 e. The van der Waals surface area contributed by atoms with Gasteiger partial charge in [0.2, 0.25) is 0 Å². The van der Waals surface area contributed by atoms with E-state index in [0.717, 1.165) is 17.3 Å². The van der Waals surface area contributed by atoms with Crippen LogP contribution in [0.4, 0.5) is 11.4 Å². The monoisotopic (exact) mass is 583 g/mol. The van der Waals surface area contributed by atoms with Gasteiger partial charge in [0.1, 0.15) is 5.69 Å². The number of nitro benzene ring substituents is 1. The van der Waals surface area contributed by atoms with Crippen LogP contribution >= 0.6 is 15.9 Å². The van der Waals surface area contributed by atoms with Crippen molar-refractivity contribution in [3.8, 4) is 0 Å². The second-order valence-corrected chi connectivity index (χ2v) is 11.1. The summed E-state index contributed by atoms with van der Waals surface area (Å²) in [6.45, 7) is 5.96. The van der Waals surface area contributed by atoms with Crippen LogP contribution in [0.15, 0.2) is 41.3 Å². The fraction of sp³-hybridized carbons (Fsp3) is 0.423. The van der Waals surface area contributed by atoms with Crippen molar-refractivity contribution in [2.24, 2.45) is 0 Å². The first-order valence-electron chi connectivity index (χ1n) is 12.7. The molecule has 0 spiro atoms. The van der Waals surface area contributed by atoms with Crippen LogP contribution in [0.1, 0.15) is 47.4 Å². The second-order valence-electron chi connectivity index (χ2n) is 10.1. The van der Waals surface area contributed by atoms with E-state index in [-0.39, 0.29) is 46.9 Å². The predicted molar refractivity (Wildman–Crippen MR) is 147 cm³/mol. The van der Waals surface area contributed by atoms with Crippen LogP contribution in [0, 0.1) is 10.1 Å². The third-order valence-corrected chi connectivity index (χ3v) is 7.58. The number of hydrogen-bond acceptors (Lipinski definition) is 7. The second kappa shape index (κ2) is 10.7. The summed E-state index contributed by atoms with van der Waals surface area (Å²) < 4.78 is 0.460. The highest BCUT2D eigenvalue weighted by Gasteiger charge is 2.33. The molecule has 0 saturated carbocycles. The number of rotatable bonds is 5. The summed E-state index contributed by atoms with van der Waals surface area (Å²) in [6.07, 6.45) is 6.45.